The average Bonchev–Trinajstić information content (AvgIpc) is 2.89. The molecule has 2 aromatic carbocycles. The fraction of sp³-hybridized carbons (Fsp3) is 0.115. The van der Waals surface area contributed by atoms with E-state index in [9.17, 15) is 4.79 Å². The predicted octanol–water partition coefficient (Wildman–Crippen LogP) is 4.67. The van der Waals surface area contributed by atoms with Gasteiger partial charge in [-0.1, -0.05) is 30.3 Å². The summed E-state index contributed by atoms with van der Waals surface area (Å²) in [4.78, 5) is 31.0. The average molecular weight is 461 g/mol. The zero-order valence-electron chi connectivity index (χ0n) is 19.0. The van der Waals surface area contributed by atoms with Crippen LogP contribution in [0.1, 0.15) is 24.6 Å². The molecule has 0 aliphatic heterocycles. The van der Waals surface area contributed by atoms with E-state index in [1.165, 1.54) is 6.20 Å². The summed E-state index contributed by atoms with van der Waals surface area (Å²) in [6.45, 7) is 11.1. The van der Waals surface area contributed by atoms with Crippen molar-refractivity contribution in [2.24, 2.45) is 0 Å². The lowest BCUT2D eigenvalue weighted by atomic mass is 10.0. The lowest BCUT2D eigenvalue weighted by molar-refractivity contribution is 0.730. The van der Waals surface area contributed by atoms with E-state index in [-0.39, 0.29) is 5.56 Å². The van der Waals surface area contributed by atoms with Crippen LogP contribution < -0.4 is 10.9 Å². The van der Waals surface area contributed by atoms with Gasteiger partial charge in [0.25, 0.3) is 5.56 Å². The van der Waals surface area contributed by atoms with Crippen molar-refractivity contribution in [3.63, 3.8) is 0 Å². The number of nitrogens with one attached hydrogen (secondary N) is 1. The summed E-state index contributed by atoms with van der Waals surface area (Å²) in [6.07, 6.45) is 4.70. The zero-order valence-corrected chi connectivity index (χ0v) is 19.0. The van der Waals surface area contributed by atoms with Crippen LogP contribution in [0.5, 0.6) is 0 Å². The Labute approximate surface area is 201 Å². The molecule has 3 aromatic heterocycles. The quantitative estimate of drug-likeness (QED) is 0.380. The highest BCUT2D eigenvalue weighted by atomic mass is 16.1. The molecule has 0 saturated heterocycles. The molecule has 170 valence electrons. The standard InChI is InChI=1S/C26H20N8O/c1-16(31-24-22(27-3)15-28-17(2)32-24)25-33-21-11-7-10-20(18-12-13-29-30-14-18)23(21)26(35)34(25)19-8-5-4-6-9-19/h4-16H,1-2H3,(H,28,31,32)/t16-/m0/s1. The van der Waals surface area contributed by atoms with Gasteiger partial charge in [0.05, 0.1) is 41.6 Å². The molecular formula is C26H20N8O. The fourth-order valence-electron chi connectivity index (χ4n) is 3.98. The van der Waals surface area contributed by atoms with Gasteiger partial charge in [0, 0.05) is 11.8 Å². The maximum atomic E-state index is 14.1. The van der Waals surface area contributed by atoms with Gasteiger partial charge >= 0.3 is 0 Å². The number of hydrogen-bond donors (Lipinski definition) is 1. The van der Waals surface area contributed by atoms with Gasteiger partial charge in [-0.15, -0.1) is 0 Å². The summed E-state index contributed by atoms with van der Waals surface area (Å²) in [5.74, 6) is 1.42. The van der Waals surface area contributed by atoms with Crippen molar-refractivity contribution in [3.05, 3.63) is 107 Å². The van der Waals surface area contributed by atoms with Crippen LogP contribution in [0.25, 0.3) is 32.6 Å². The minimum Gasteiger partial charge on any atom is -0.369 e. The number of aryl methyl sites for hydroxylation is 1. The summed E-state index contributed by atoms with van der Waals surface area (Å²) in [6, 6.07) is 16.3. The maximum absolute atomic E-state index is 14.1. The van der Waals surface area contributed by atoms with Crippen LogP contribution in [0.3, 0.4) is 0 Å². The molecule has 0 fully saturated rings. The second-order valence-corrected chi connectivity index (χ2v) is 7.91. The molecule has 9 nitrogen and oxygen atoms in total. The predicted molar refractivity (Wildman–Crippen MR) is 133 cm³/mol. The molecule has 0 aliphatic rings. The van der Waals surface area contributed by atoms with Crippen LogP contribution in [0.4, 0.5) is 11.5 Å². The SMILES string of the molecule is [C-]#[N+]c1cnc(C)nc1N[C@@H](C)c1nc2cccc(-c3ccnnc3)c2c(=O)n1-c1ccccc1. The first-order valence-corrected chi connectivity index (χ1v) is 10.9. The summed E-state index contributed by atoms with van der Waals surface area (Å²) in [5.41, 5.74) is 2.84. The van der Waals surface area contributed by atoms with Gasteiger partial charge in [-0.3, -0.25) is 14.3 Å². The molecule has 0 unspecified atom stereocenters. The Morgan fingerprint density at radius 3 is 2.57 bits per heavy atom. The highest BCUT2D eigenvalue weighted by Crippen LogP contribution is 2.29. The Morgan fingerprint density at radius 1 is 1.00 bits per heavy atom. The molecule has 0 spiro atoms. The number of hydrogen-bond acceptors (Lipinski definition) is 7. The molecule has 0 bridgehead atoms. The van der Waals surface area contributed by atoms with Crippen molar-refractivity contribution in [2.75, 3.05) is 5.32 Å². The number of fused-ring (bicyclic) bond motifs is 1. The Hall–Kier alpha value is -4.97. The number of benzene rings is 2. The first kappa shape index (κ1) is 21.9. The second kappa shape index (κ2) is 9.11. The number of anilines is 1. The first-order chi connectivity index (χ1) is 17.1. The van der Waals surface area contributed by atoms with E-state index in [0.717, 1.165) is 11.1 Å². The molecule has 0 amide bonds. The molecule has 9 heteroatoms. The first-order valence-electron chi connectivity index (χ1n) is 10.9. The van der Waals surface area contributed by atoms with Gasteiger partial charge in [-0.25, -0.2) is 14.8 Å². The summed E-state index contributed by atoms with van der Waals surface area (Å²) in [5, 5.41) is 11.6. The molecular weight excluding hydrogens is 440 g/mol. The van der Waals surface area contributed by atoms with Crippen LogP contribution in [-0.4, -0.2) is 29.7 Å². The van der Waals surface area contributed by atoms with E-state index < -0.39 is 6.04 Å². The van der Waals surface area contributed by atoms with Gasteiger partial charge in [0.15, 0.2) is 0 Å². The van der Waals surface area contributed by atoms with Crippen molar-refractivity contribution in [1.29, 1.82) is 0 Å². The monoisotopic (exact) mass is 460 g/mol. The number of nitrogens with zero attached hydrogens (tertiary/aromatic N) is 7. The lowest BCUT2D eigenvalue weighted by Crippen LogP contribution is -2.27. The van der Waals surface area contributed by atoms with Gasteiger partial charge in [-0.05, 0) is 43.7 Å². The zero-order chi connectivity index (χ0) is 24.4. The molecule has 5 aromatic rings. The van der Waals surface area contributed by atoms with Crippen molar-refractivity contribution < 1.29 is 0 Å². The Balaban J connectivity index is 1.75. The van der Waals surface area contributed by atoms with Crippen LogP contribution in [0.15, 0.2) is 78.0 Å². The molecule has 35 heavy (non-hydrogen) atoms. The summed E-state index contributed by atoms with van der Waals surface area (Å²) >= 11 is 0. The highest BCUT2D eigenvalue weighted by molar-refractivity contribution is 5.94. The third kappa shape index (κ3) is 4.09. The minimum atomic E-state index is -0.451. The molecule has 0 radical (unpaired) electrons. The van der Waals surface area contributed by atoms with E-state index in [2.05, 4.69) is 30.3 Å². The van der Waals surface area contributed by atoms with E-state index in [1.54, 1.807) is 23.9 Å². The Bertz CT molecular complexity index is 1630. The third-order valence-corrected chi connectivity index (χ3v) is 5.58. The van der Waals surface area contributed by atoms with Crippen LogP contribution in [0.2, 0.25) is 0 Å². The summed E-state index contributed by atoms with van der Waals surface area (Å²) < 4.78 is 1.60. The molecule has 0 aliphatic carbocycles. The topological polar surface area (TPSA) is 103 Å². The largest absolute Gasteiger partial charge is 0.369 e. The van der Waals surface area contributed by atoms with Crippen LogP contribution in [0, 0.1) is 13.5 Å². The molecule has 1 N–H and O–H groups in total. The maximum Gasteiger partial charge on any atom is 0.266 e. The van der Waals surface area contributed by atoms with Gasteiger partial charge in [0.2, 0.25) is 5.69 Å². The minimum absolute atomic E-state index is 0.207. The smallest absolute Gasteiger partial charge is 0.266 e. The van der Waals surface area contributed by atoms with Crippen molar-refractivity contribution >= 4 is 22.4 Å². The van der Waals surface area contributed by atoms with Crippen LogP contribution in [-0.2, 0) is 0 Å². The number of aromatic nitrogens is 6. The van der Waals surface area contributed by atoms with Crippen molar-refractivity contribution in [3.8, 4) is 16.8 Å². The van der Waals surface area contributed by atoms with Gasteiger partial charge < -0.3 is 5.32 Å². The molecule has 3 heterocycles. The number of para-hydroxylation sites is 1. The van der Waals surface area contributed by atoms with Gasteiger partial charge in [0.1, 0.15) is 17.5 Å². The Morgan fingerprint density at radius 2 is 1.83 bits per heavy atom. The fourth-order valence-corrected chi connectivity index (χ4v) is 3.98. The highest BCUT2D eigenvalue weighted by Gasteiger charge is 2.21. The molecule has 5 rings (SSSR count). The van der Waals surface area contributed by atoms with E-state index >= 15 is 0 Å². The second-order valence-electron chi connectivity index (χ2n) is 7.91. The lowest BCUT2D eigenvalue weighted by Gasteiger charge is -2.21. The normalized spacial score (nSPS) is 11.7. The molecule has 1 atom stereocenters. The molecule has 0 saturated carbocycles. The van der Waals surface area contributed by atoms with Crippen molar-refractivity contribution in [1.82, 2.24) is 29.7 Å². The summed E-state index contributed by atoms with van der Waals surface area (Å²) in [7, 11) is 0. The Kier molecular flexibility index (Phi) is 5.69. The third-order valence-electron chi connectivity index (χ3n) is 5.58. The number of rotatable bonds is 5. The van der Waals surface area contributed by atoms with E-state index in [1.807, 2.05) is 61.5 Å². The van der Waals surface area contributed by atoms with Crippen molar-refractivity contribution in [2.45, 2.75) is 19.9 Å². The van der Waals surface area contributed by atoms with Crippen LogP contribution >= 0.6 is 0 Å². The van der Waals surface area contributed by atoms with E-state index in [4.69, 9.17) is 11.6 Å². The van der Waals surface area contributed by atoms with Gasteiger partial charge in [-0.2, -0.15) is 10.2 Å². The van der Waals surface area contributed by atoms with E-state index in [0.29, 0.717) is 39.7 Å².